The SMILES string of the molecule is C=C/C(=N\OC)C1(CC/C=C/CC(NC(=O)OC(C)(C)C)c2cc(-c3ccc(F)cc3)on2)OCCC1C. The molecule has 1 aromatic carbocycles. The zero-order chi connectivity index (χ0) is 27.8. The molecule has 0 bridgehead atoms. The first kappa shape index (κ1) is 29.1. The van der Waals surface area contributed by atoms with Gasteiger partial charge in [0.2, 0.25) is 0 Å². The number of nitrogens with one attached hydrogen (secondary N) is 1. The van der Waals surface area contributed by atoms with Gasteiger partial charge in [-0.2, -0.15) is 0 Å². The summed E-state index contributed by atoms with van der Waals surface area (Å²) >= 11 is 0. The monoisotopic (exact) mass is 527 g/mol. The van der Waals surface area contributed by atoms with Crippen molar-refractivity contribution in [3.05, 3.63) is 66.6 Å². The lowest BCUT2D eigenvalue weighted by molar-refractivity contribution is 0.0328. The van der Waals surface area contributed by atoms with E-state index in [1.165, 1.54) is 19.2 Å². The second kappa shape index (κ2) is 12.9. The molecule has 2 heterocycles. The molecule has 1 aromatic heterocycles. The van der Waals surface area contributed by atoms with Crippen LogP contribution in [-0.4, -0.2) is 41.9 Å². The van der Waals surface area contributed by atoms with Gasteiger partial charge in [0.15, 0.2) is 5.76 Å². The number of benzene rings is 1. The van der Waals surface area contributed by atoms with E-state index in [9.17, 15) is 9.18 Å². The van der Waals surface area contributed by atoms with Crippen molar-refractivity contribution in [1.82, 2.24) is 10.5 Å². The van der Waals surface area contributed by atoms with Crippen LogP contribution >= 0.6 is 0 Å². The number of halogens is 1. The van der Waals surface area contributed by atoms with E-state index in [2.05, 4.69) is 29.1 Å². The lowest BCUT2D eigenvalue weighted by atomic mass is 9.80. The van der Waals surface area contributed by atoms with Crippen LogP contribution in [0.2, 0.25) is 0 Å². The molecule has 1 aliphatic heterocycles. The predicted molar refractivity (Wildman–Crippen MR) is 144 cm³/mol. The Morgan fingerprint density at radius 3 is 2.68 bits per heavy atom. The van der Waals surface area contributed by atoms with Crippen LogP contribution in [-0.2, 0) is 14.3 Å². The molecule has 1 fully saturated rings. The van der Waals surface area contributed by atoms with Crippen LogP contribution in [0, 0.1) is 11.7 Å². The van der Waals surface area contributed by atoms with E-state index in [4.69, 9.17) is 18.8 Å². The van der Waals surface area contributed by atoms with Crippen LogP contribution < -0.4 is 5.32 Å². The number of carbonyl (C=O) groups excluding carboxylic acids is 1. The Labute approximate surface area is 223 Å². The van der Waals surface area contributed by atoms with E-state index in [0.29, 0.717) is 42.2 Å². The fraction of sp³-hybridized carbons (Fsp3) is 0.483. The first-order valence-corrected chi connectivity index (χ1v) is 12.8. The minimum absolute atomic E-state index is 0.268. The van der Waals surface area contributed by atoms with Crippen LogP contribution in [0.1, 0.15) is 65.1 Å². The van der Waals surface area contributed by atoms with Crippen LogP contribution in [0.5, 0.6) is 0 Å². The molecule has 3 rings (SSSR count). The smallest absolute Gasteiger partial charge is 0.408 e. The third kappa shape index (κ3) is 7.54. The van der Waals surface area contributed by atoms with Crippen molar-refractivity contribution in [3.63, 3.8) is 0 Å². The molecular formula is C29H38FN3O5. The summed E-state index contributed by atoms with van der Waals surface area (Å²) in [6.07, 6.45) is 8.00. The van der Waals surface area contributed by atoms with E-state index in [-0.39, 0.29) is 11.7 Å². The normalized spacial score (nSPS) is 20.9. The number of aromatic nitrogens is 1. The molecule has 1 amide bonds. The summed E-state index contributed by atoms with van der Waals surface area (Å²) in [6, 6.07) is 7.18. The van der Waals surface area contributed by atoms with Gasteiger partial charge in [0, 0.05) is 18.2 Å². The lowest BCUT2D eigenvalue weighted by Gasteiger charge is -2.32. The number of oxime groups is 1. The summed E-state index contributed by atoms with van der Waals surface area (Å²) < 4.78 is 30.4. The summed E-state index contributed by atoms with van der Waals surface area (Å²) in [6.45, 7) is 12.1. The van der Waals surface area contributed by atoms with E-state index in [1.54, 1.807) is 45.0 Å². The van der Waals surface area contributed by atoms with Gasteiger partial charge >= 0.3 is 6.09 Å². The molecule has 1 aliphatic rings. The van der Waals surface area contributed by atoms with E-state index in [1.807, 2.05) is 12.2 Å². The fourth-order valence-corrected chi connectivity index (χ4v) is 4.51. The van der Waals surface area contributed by atoms with Gasteiger partial charge < -0.3 is 24.2 Å². The fourth-order valence-electron chi connectivity index (χ4n) is 4.51. The third-order valence-electron chi connectivity index (χ3n) is 6.45. The summed E-state index contributed by atoms with van der Waals surface area (Å²) in [5.41, 5.74) is 0.714. The summed E-state index contributed by atoms with van der Waals surface area (Å²) in [5, 5.41) is 11.2. The van der Waals surface area contributed by atoms with Crippen LogP contribution in [0.15, 0.2) is 64.8 Å². The van der Waals surface area contributed by atoms with Crippen molar-refractivity contribution in [3.8, 4) is 11.3 Å². The number of rotatable bonds is 11. The molecule has 0 spiro atoms. The molecule has 3 atom stereocenters. The Morgan fingerprint density at radius 2 is 2.08 bits per heavy atom. The molecule has 206 valence electrons. The van der Waals surface area contributed by atoms with Gasteiger partial charge in [-0.25, -0.2) is 9.18 Å². The highest BCUT2D eigenvalue weighted by atomic mass is 19.1. The molecule has 1 saturated heterocycles. The molecule has 8 nitrogen and oxygen atoms in total. The predicted octanol–water partition coefficient (Wildman–Crippen LogP) is 6.76. The first-order valence-electron chi connectivity index (χ1n) is 12.8. The van der Waals surface area contributed by atoms with Crippen LogP contribution in [0.4, 0.5) is 9.18 Å². The highest BCUT2D eigenvalue weighted by molar-refractivity contribution is 6.01. The molecular weight excluding hydrogens is 489 g/mol. The Morgan fingerprint density at radius 1 is 1.34 bits per heavy atom. The minimum Gasteiger partial charge on any atom is -0.444 e. The summed E-state index contributed by atoms with van der Waals surface area (Å²) in [4.78, 5) is 17.6. The zero-order valence-corrected chi connectivity index (χ0v) is 22.8. The number of amides is 1. The number of nitrogens with zero attached hydrogens (tertiary/aromatic N) is 2. The van der Waals surface area contributed by atoms with Crippen molar-refractivity contribution < 1.29 is 28.0 Å². The lowest BCUT2D eigenvalue weighted by Crippen LogP contribution is -2.42. The number of allylic oxidation sites excluding steroid dienone is 1. The maximum Gasteiger partial charge on any atom is 0.408 e. The Hall–Kier alpha value is -3.46. The van der Waals surface area contributed by atoms with Crippen molar-refractivity contribution in [2.75, 3.05) is 13.7 Å². The standard InChI is InChI=1S/C29H38FN3O5/c1-7-26(33-35-6)29(20(2)16-18-36-29)17-10-8-9-11-23(31-27(34)37-28(3,4)5)24-19-25(38-32-24)21-12-14-22(30)15-13-21/h7-9,12-15,19-20,23H,1,10-11,16-18H2,2-6H3,(H,31,34)/b9-8+,33-26+. The van der Waals surface area contributed by atoms with Gasteiger partial charge in [-0.3, -0.25) is 0 Å². The zero-order valence-electron chi connectivity index (χ0n) is 22.8. The van der Waals surface area contributed by atoms with Gasteiger partial charge in [0.25, 0.3) is 0 Å². The Kier molecular flexibility index (Phi) is 9.85. The average Bonchev–Trinajstić information content (AvgIpc) is 3.49. The topological polar surface area (TPSA) is 95.2 Å². The van der Waals surface area contributed by atoms with Crippen molar-refractivity contribution in [2.24, 2.45) is 11.1 Å². The van der Waals surface area contributed by atoms with Gasteiger partial charge in [0.1, 0.15) is 35.5 Å². The highest BCUT2D eigenvalue weighted by Gasteiger charge is 2.45. The number of hydrogen-bond donors (Lipinski definition) is 1. The Bertz CT molecular complexity index is 1140. The van der Waals surface area contributed by atoms with E-state index in [0.717, 1.165) is 12.8 Å². The summed E-state index contributed by atoms with van der Waals surface area (Å²) in [7, 11) is 1.51. The molecule has 0 radical (unpaired) electrons. The minimum atomic E-state index is -0.646. The summed E-state index contributed by atoms with van der Waals surface area (Å²) in [5.74, 6) is 0.407. The van der Waals surface area contributed by atoms with Crippen molar-refractivity contribution in [2.45, 2.75) is 70.6 Å². The largest absolute Gasteiger partial charge is 0.444 e. The van der Waals surface area contributed by atoms with Crippen molar-refractivity contribution >= 4 is 11.8 Å². The molecule has 1 N–H and O–H groups in total. The average molecular weight is 528 g/mol. The molecule has 2 aromatic rings. The molecule has 0 aliphatic carbocycles. The van der Waals surface area contributed by atoms with E-state index >= 15 is 0 Å². The number of carbonyl (C=O) groups is 1. The number of ether oxygens (including phenoxy) is 2. The molecule has 9 heteroatoms. The maximum atomic E-state index is 13.3. The maximum absolute atomic E-state index is 13.3. The first-order chi connectivity index (χ1) is 18.1. The molecule has 38 heavy (non-hydrogen) atoms. The van der Waals surface area contributed by atoms with E-state index < -0.39 is 23.3 Å². The molecule has 3 unspecified atom stereocenters. The quantitative estimate of drug-likeness (QED) is 0.197. The number of hydrogen-bond acceptors (Lipinski definition) is 7. The van der Waals surface area contributed by atoms with Gasteiger partial charge in [-0.15, -0.1) is 0 Å². The Balaban J connectivity index is 1.73. The van der Waals surface area contributed by atoms with Gasteiger partial charge in [-0.1, -0.05) is 36.0 Å². The van der Waals surface area contributed by atoms with Crippen molar-refractivity contribution in [1.29, 1.82) is 0 Å². The molecule has 0 saturated carbocycles. The second-order valence-electron chi connectivity index (χ2n) is 10.4. The second-order valence-corrected chi connectivity index (χ2v) is 10.4. The van der Waals surface area contributed by atoms with Crippen LogP contribution in [0.25, 0.3) is 11.3 Å². The van der Waals surface area contributed by atoms with Gasteiger partial charge in [-0.05, 0) is 82.7 Å². The van der Waals surface area contributed by atoms with Gasteiger partial charge in [0.05, 0.1) is 6.04 Å². The third-order valence-corrected chi connectivity index (χ3v) is 6.45. The number of alkyl carbamates (subject to hydrolysis) is 1. The highest BCUT2D eigenvalue weighted by Crippen LogP contribution is 2.38. The van der Waals surface area contributed by atoms with Crippen LogP contribution in [0.3, 0.4) is 0 Å².